The molecule has 0 saturated carbocycles. The van der Waals surface area contributed by atoms with Crippen molar-refractivity contribution < 1.29 is 0 Å². The molecule has 0 fully saturated rings. The summed E-state index contributed by atoms with van der Waals surface area (Å²) >= 11 is 0. The standard InChI is InChI=1S/C16H36N2/c1-4-7-8-9-10-11-12-13-16(17-14-5-2)18-15-6-3/h16-18H,4-15H2,1-3H3. The van der Waals surface area contributed by atoms with Crippen molar-refractivity contribution in [2.24, 2.45) is 0 Å². The van der Waals surface area contributed by atoms with Crippen LogP contribution in [0.1, 0.15) is 85.0 Å². The molecule has 2 heteroatoms. The number of hydrogen-bond donors (Lipinski definition) is 2. The molecule has 0 unspecified atom stereocenters. The molecule has 0 saturated heterocycles. The van der Waals surface area contributed by atoms with Crippen LogP contribution in [0.15, 0.2) is 0 Å². The van der Waals surface area contributed by atoms with Gasteiger partial charge in [-0.1, -0.05) is 65.7 Å². The maximum Gasteiger partial charge on any atom is 0.0571 e. The lowest BCUT2D eigenvalue weighted by molar-refractivity contribution is 0.385. The van der Waals surface area contributed by atoms with Gasteiger partial charge in [0, 0.05) is 0 Å². The van der Waals surface area contributed by atoms with E-state index in [0.29, 0.717) is 6.17 Å². The van der Waals surface area contributed by atoms with Crippen molar-refractivity contribution in [2.45, 2.75) is 91.1 Å². The number of hydrogen-bond acceptors (Lipinski definition) is 2. The number of unbranched alkanes of at least 4 members (excludes halogenated alkanes) is 6. The molecule has 0 aliphatic heterocycles. The molecule has 0 aromatic rings. The summed E-state index contributed by atoms with van der Waals surface area (Å²) in [4.78, 5) is 0. The largest absolute Gasteiger partial charge is 0.302 e. The van der Waals surface area contributed by atoms with Crippen LogP contribution in [0.2, 0.25) is 0 Å². The minimum atomic E-state index is 0.542. The zero-order valence-electron chi connectivity index (χ0n) is 13.1. The van der Waals surface area contributed by atoms with Gasteiger partial charge in [-0.05, 0) is 32.4 Å². The fourth-order valence-electron chi connectivity index (χ4n) is 2.22. The summed E-state index contributed by atoms with van der Waals surface area (Å²) in [5.74, 6) is 0. The van der Waals surface area contributed by atoms with E-state index in [2.05, 4.69) is 31.4 Å². The maximum atomic E-state index is 3.60. The summed E-state index contributed by atoms with van der Waals surface area (Å²) in [6.45, 7) is 9.02. The van der Waals surface area contributed by atoms with Crippen molar-refractivity contribution in [2.75, 3.05) is 13.1 Å². The summed E-state index contributed by atoms with van der Waals surface area (Å²) in [6.07, 6.45) is 14.1. The van der Waals surface area contributed by atoms with Crippen LogP contribution in [-0.2, 0) is 0 Å². The zero-order valence-corrected chi connectivity index (χ0v) is 13.1. The molecule has 18 heavy (non-hydrogen) atoms. The Balaban J connectivity index is 3.43. The molecule has 0 amide bonds. The van der Waals surface area contributed by atoms with E-state index in [4.69, 9.17) is 0 Å². The van der Waals surface area contributed by atoms with Gasteiger partial charge in [-0.2, -0.15) is 0 Å². The van der Waals surface area contributed by atoms with Gasteiger partial charge in [0.2, 0.25) is 0 Å². The van der Waals surface area contributed by atoms with Crippen molar-refractivity contribution >= 4 is 0 Å². The Bertz CT molecular complexity index is 140. The molecular weight excluding hydrogens is 220 g/mol. The fraction of sp³-hybridized carbons (Fsp3) is 1.00. The molecular formula is C16H36N2. The molecule has 0 bridgehead atoms. The van der Waals surface area contributed by atoms with Crippen molar-refractivity contribution in [3.63, 3.8) is 0 Å². The second-order valence-corrected chi connectivity index (χ2v) is 5.37. The lowest BCUT2D eigenvalue weighted by Crippen LogP contribution is -2.42. The van der Waals surface area contributed by atoms with Gasteiger partial charge in [0.1, 0.15) is 0 Å². The first-order chi connectivity index (χ1) is 8.85. The summed E-state index contributed by atoms with van der Waals surface area (Å²) in [5.41, 5.74) is 0. The van der Waals surface area contributed by atoms with Gasteiger partial charge in [-0.3, -0.25) is 0 Å². The lowest BCUT2D eigenvalue weighted by Gasteiger charge is -2.19. The molecule has 0 radical (unpaired) electrons. The Kier molecular flexibility index (Phi) is 14.9. The predicted octanol–water partition coefficient (Wildman–Crippen LogP) is 4.45. The van der Waals surface area contributed by atoms with Gasteiger partial charge in [-0.15, -0.1) is 0 Å². The Morgan fingerprint density at radius 1 is 0.611 bits per heavy atom. The first-order valence-electron chi connectivity index (χ1n) is 8.31. The summed E-state index contributed by atoms with van der Waals surface area (Å²) < 4.78 is 0. The molecule has 0 aromatic heterocycles. The second kappa shape index (κ2) is 15.0. The second-order valence-electron chi connectivity index (χ2n) is 5.37. The predicted molar refractivity (Wildman–Crippen MR) is 83.0 cm³/mol. The SMILES string of the molecule is CCCCCCCCCC(NCCC)NCCC. The third-order valence-electron chi connectivity index (χ3n) is 3.38. The van der Waals surface area contributed by atoms with Crippen molar-refractivity contribution in [3.8, 4) is 0 Å². The first kappa shape index (κ1) is 17.9. The van der Waals surface area contributed by atoms with Crippen LogP contribution in [0.25, 0.3) is 0 Å². The van der Waals surface area contributed by atoms with Crippen molar-refractivity contribution in [1.29, 1.82) is 0 Å². The van der Waals surface area contributed by atoms with E-state index in [1.165, 1.54) is 64.2 Å². The van der Waals surface area contributed by atoms with Gasteiger partial charge in [0.15, 0.2) is 0 Å². The van der Waals surface area contributed by atoms with Gasteiger partial charge < -0.3 is 10.6 Å². The topological polar surface area (TPSA) is 24.1 Å². The number of rotatable bonds is 14. The highest BCUT2D eigenvalue weighted by molar-refractivity contribution is 4.64. The monoisotopic (exact) mass is 256 g/mol. The minimum absolute atomic E-state index is 0.542. The lowest BCUT2D eigenvalue weighted by atomic mass is 10.1. The highest BCUT2D eigenvalue weighted by Gasteiger charge is 2.05. The van der Waals surface area contributed by atoms with Gasteiger partial charge >= 0.3 is 0 Å². The quantitative estimate of drug-likeness (QED) is 0.354. The van der Waals surface area contributed by atoms with Crippen LogP contribution in [0.3, 0.4) is 0 Å². The highest BCUT2D eigenvalue weighted by atomic mass is 15.1. The molecule has 0 atom stereocenters. The van der Waals surface area contributed by atoms with Crippen molar-refractivity contribution in [3.05, 3.63) is 0 Å². The van der Waals surface area contributed by atoms with Crippen LogP contribution in [0.5, 0.6) is 0 Å². The van der Waals surface area contributed by atoms with Crippen LogP contribution in [0.4, 0.5) is 0 Å². The van der Waals surface area contributed by atoms with Gasteiger partial charge in [0.05, 0.1) is 6.17 Å². The zero-order chi connectivity index (χ0) is 13.5. The average Bonchev–Trinajstić information content (AvgIpc) is 2.40. The summed E-state index contributed by atoms with van der Waals surface area (Å²) in [6, 6.07) is 0. The molecule has 0 aliphatic rings. The normalized spacial score (nSPS) is 11.3. The van der Waals surface area contributed by atoms with Crippen LogP contribution < -0.4 is 10.6 Å². The Morgan fingerprint density at radius 2 is 1.11 bits per heavy atom. The molecule has 0 aliphatic carbocycles. The number of nitrogens with one attached hydrogen (secondary N) is 2. The summed E-state index contributed by atoms with van der Waals surface area (Å²) in [7, 11) is 0. The van der Waals surface area contributed by atoms with E-state index >= 15 is 0 Å². The van der Waals surface area contributed by atoms with E-state index in [1.807, 2.05) is 0 Å². The molecule has 0 heterocycles. The molecule has 2 nitrogen and oxygen atoms in total. The molecule has 0 spiro atoms. The van der Waals surface area contributed by atoms with Gasteiger partial charge in [-0.25, -0.2) is 0 Å². The Hall–Kier alpha value is -0.0800. The van der Waals surface area contributed by atoms with E-state index in [0.717, 1.165) is 13.1 Å². The maximum absolute atomic E-state index is 3.60. The fourth-order valence-corrected chi connectivity index (χ4v) is 2.22. The van der Waals surface area contributed by atoms with E-state index in [1.54, 1.807) is 0 Å². The van der Waals surface area contributed by atoms with E-state index in [-0.39, 0.29) is 0 Å². The smallest absolute Gasteiger partial charge is 0.0571 e. The van der Waals surface area contributed by atoms with Crippen LogP contribution in [-0.4, -0.2) is 19.3 Å². The Labute approximate surface area is 115 Å². The first-order valence-corrected chi connectivity index (χ1v) is 8.31. The molecule has 0 aromatic carbocycles. The van der Waals surface area contributed by atoms with Crippen LogP contribution >= 0.6 is 0 Å². The van der Waals surface area contributed by atoms with E-state index < -0.39 is 0 Å². The highest BCUT2D eigenvalue weighted by Crippen LogP contribution is 2.09. The van der Waals surface area contributed by atoms with E-state index in [9.17, 15) is 0 Å². The third-order valence-corrected chi connectivity index (χ3v) is 3.38. The molecule has 110 valence electrons. The van der Waals surface area contributed by atoms with Gasteiger partial charge in [0.25, 0.3) is 0 Å². The third kappa shape index (κ3) is 12.4. The molecule has 0 rings (SSSR count). The average molecular weight is 256 g/mol. The van der Waals surface area contributed by atoms with Crippen LogP contribution in [0, 0.1) is 0 Å². The Morgan fingerprint density at radius 3 is 1.61 bits per heavy atom. The van der Waals surface area contributed by atoms with Crippen molar-refractivity contribution in [1.82, 2.24) is 10.6 Å². The summed E-state index contributed by atoms with van der Waals surface area (Å²) in [5, 5.41) is 7.21. The molecule has 2 N–H and O–H groups in total. The minimum Gasteiger partial charge on any atom is -0.302 e.